The number of amides is 1. The van der Waals surface area contributed by atoms with Gasteiger partial charge >= 0.3 is 0 Å². The van der Waals surface area contributed by atoms with E-state index in [4.69, 9.17) is 10.5 Å². The number of hydrogen-bond donors (Lipinski definition) is 3. The molecule has 0 bridgehead atoms. The summed E-state index contributed by atoms with van der Waals surface area (Å²) in [4.78, 5) is 11.6. The van der Waals surface area contributed by atoms with Crippen molar-refractivity contribution in [3.63, 3.8) is 0 Å². The number of nitrogen functional groups attached to an aromatic ring is 1. The highest BCUT2D eigenvalue weighted by Gasteiger charge is 2.09. The van der Waals surface area contributed by atoms with Gasteiger partial charge < -0.3 is 15.8 Å². The molecule has 7 nitrogen and oxygen atoms in total. The van der Waals surface area contributed by atoms with Gasteiger partial charge in [0.15, 0.2) is 5.69 Å². The zero-order valence-electron chi connectivity index (χ0n) is 9.10. The van der Waals surface area contributed by atoms with Crippen molar-refractivity contribution >= 4 is 17.3 Å². The van der Waals surface area contributed by atoms with Crippen LogP contribution in [0.25, 0.3) is 0 Å². The van der Waals surface area contributed by atoms with E-state index in [-0.39, 0.29) is 11.6 Å². The number of anilines is 2. The Morgan fingerprint density at radius 3 is 2.94 bits per heavy atom. The van der Waals surface area contributed by atoms with Crippen molar-refractivity contribution in [1.29, 1.82) is 0 Å². The molecule has 17 heavy (non-hydrogen) atoms. The van der Waals surface area contributed by atoms with Crippen LogP contribution >= 0.6 is 0 Å². The highest BCUT2D eigenvalue weighted by Crippen LogP contribution is 2.24. The Bertz CT molecular complexity index is 523. The molecule has 4 N–H and O–H groups in total. The molecular formula is C10H11N5O2. The molecule has 88 valence electrons. The maximum Gasteiger partial charge on any atom is 0.277 e. The predicted molar refractivity (Wildman–Crippen MR) is 61.7 cm³/mol. The van der Waals surface area contributed by atoms with Gasteiger partial charge in [0.05, 0.1) is 19.0 Å². The van der Waals surface area contributed by atoms with Crippen molar-refractivity contribution in [2.24, 2.45) is 0 Å². The fraction of sp³-hybridized carbons (Fsp3) is 0.100. The number of nitrogens with zero attached hydrogens (tertiary/aromatic N) is 2. The minimum atomic E-state index is -0.358. The van der Waals surface area contributed by atoms with Crippen LogP contribution in [0.1, 0.15) is 10.5 Å². The van der Waals surface area contributed by atoms with Crippen LogP contribution in [-0.2, 0) is 0 Å². The van der Waals surface area contributed by atoms with Crippen LogP contribution in [0.4, 0.5) is 11.4 Å². The second-order valence-corrected chi connectivity index (χ2v) is 3.27. The Morgan fingerprint density at radius 1 is 1.53 bits per heavy atom. The third-order valence-corrected chi connectivity index (χ3v) is 2.14. The summed E-state index contributed by atoms with van der Waals surface area (Å²) in [5, 5.41) is 12.2. The number of nitrogens with one attached hydrogen (secondary N) is 2. The highest BCUT2D eigenvalue weighted by atomic mass is 16.5. The fourth-order valence-electron chi connectivity index (χ4n) is 1.32. The van der Waals surface area contributed by atoms with Crippen LogP contribution in [0.3, 0.4) is 0 Å². The number of methoxy groups -OCH3 is 1. The summed E-state index contributed by atoms with van der Waals surface area (Å²) in [6.45, 7) is 0. The quantitative estimate of drug-likeness (QED) is 0.675. The lowest BCUT2D eigenvalue weighted by atomic mass is 10.2. The molecule has 2 rings (SSSR count). The second kappa shape index (κ2) is 4.52. The van der Waals surface area contributed by atoms with Gasteiger partial charge in [-0.3, -0.25) is 4.79 Å². The number of carbonyl (C=O) groups excluding carboxylic acids is 1. The molecule has 0 saturated carbocycles. The average Bonchev–Trinajstić information content (AvgIpc) is 2.82. The molecule has 0 atom stereocenters. The summed E-state index contributed by atoms with van der Waals surface area (Å²) in [6, 6.07) is 4.97. The van der Waals surface area contributed by atoms with Crippen LogP contribution in [0.5, 0.6) is 5.75 Å². The molecule has 0 aliphatic carbocycles. The molecule has 1 heterocycles. The number of rotatable bonds is 3. The van der Waals surface area contributed by atoms with Crippen LogP contribution in [0, 0.1) is 0 Å². The van der Waals surface area contributed by atoms with Gasteiger partial charge in [-0.25, -0.2) is 0 Å². The number of aromatic amines is 1. The molecule has 0 aliphatic rings. The molecule has 2 aromatic rings. The van der Waals surface area contributed by atoms with Crippen molar-refractivity contribution in [3.8, 4) is 5.75 Å². The molecule has 1 aromatic heterocycles. The number of aromatic nitrogens is 3. The normalized spacial score (nSPS) is 9.94. The monoisotopic (exact) mass is 233 g/mol. The van der Waals surface area contributed by atoms with Gasteiger partial charge in [-0.1, -0.05) is 0 Å². The van der Waals surface area contributed by atoms with Crippen molar-refractivity contribution in [1.82, 2.24) is 15.4 Å². The van der Waals surface area contributed by atoms with E-state index in [0.29, 0.717) is 17.1 Å². The predicted octanol–water partition coefficient (Wildman–Crippen LogP) is 0.648. The maximum atomic E-state index is 11.6. The minimum Gasteiger partial charge on any atom is -0.495 e. The Morgan fingerprint density at radius 2 is 2.35 bits per heavy atom. The largest absolute Gasteiger partial charge is 0.495 e. The third kappa shape index (κ3) is 2.33. The summed E-state index contributed by atoms with van der Waals surface area (Å²) >= 11 is 0. The Balaban J connectivity index is 2.14. The Hall–Kier alpha value is -2.57. The smallest absolute Gasteiger partial charge is 0.277 e. The number of carbonyl (C=O) groups is 1. The van der Waals surface area contributed by atoms with Gasteiger partial charge in [-0.05, 0) is 18.2 Å². The molecule has 1 amide bonds. The van der Waals surface area contributed by atoms with E-state index in [2.05, 4.69) is 20.7 Å². The van der Waals surface area contributed by atoms with Crippen molar-refractivity contribution < 1.29 is 9.53 Å². The molecule has 7 heteroatoms. The van der Waals surface area contributed by atoms with E-state index in [9.17, 15) is 4.79 Å². The van der Waals surface area contributed by atoms with Crippen molar-refractivity contribution in [2.45, 2.75) is 0 Å². The number of nitrogens with two attached hydrogens (primary N) is 1. The minimum absolute atomic E-state index is 0.208. The van der Waals surface area contributed by atoms with Gasteiger partial charge in [0, 0.05) is 5.69 Å². The number of benzene rings is 1. The summed E-state index contributed by atoms with van der Waals surface area (Å²) < 4.78 is 5.01. The van der Waals surface area contributed by atoms with E-state index < -0.39 is 0 Å². The molecule has 0 spiro atoms. The van der Waals surface area contributed by atoms with Crippen LogP contribution in [0.15, 0.2) is 24.4 Å². The van der Waals surface area contributed by atoms with E-state index in [1.54, 1.807) is 18.2 Å². The third-order valence-electron chi connectivity index (χ3n) is 2.14. The standard InChI is InChI=1S/C10H11N5O2/c1-17-9-3-2-6(4-7(9)11)13-10(16)8-5-12-15-14-8/h2-5H,11H2,1H3,(H,13,16)(H,12,14,15). The van der Waals surface area contributed by atoms with E-state index in [1.165, 1.54) is 13.3 Å². The first kappa shape index (κ1) is 10.9. The molecule has 1 aromatic carbocycles. The zero-order chi connectivity index (χ0) is 12.3. The maximum absolute atomic E-state index is 11.6. The zero-order valence-corrected chi connectivity index (χ0v) is 9.10. The first-order valence-electron chi connectivity index (χ1n) is 4.81. The topological polar surface area (TPSA) is 106 Å². The first-order valence-corrected chi connectivity index (χ1v) is 4.81. The number of ether oxygens (including phenoxy) is 1. The molecule has 0 aliphatic heterocycles. The van der Waals surface area contributed by atoms with Crippen LogP contribution in [-0.4, -0.2) is 28.4 Å². The van der Waals surface area contributed by atoms with Gasteiger partial charge in [0.25, 0.3) is 5.91 Å². The SMILES string of the molecule is COc1ccc(NC(=O)c2cn[nH]n2)cc1N. The average molecular weight is 233 g/mol. The highest BCUT2D eigenvalue weighted by molar-refractivity contribution is 6.02. The number of H-pyrrole nitrogens is 1. The van der Waals surface area contributed by atoms with E-state index in [1.807, 2.05) is 0 Å². The van der Waals surface area contributed by atoms with Gasteiger partial charge in [0.1, 0.15) is 5.75 Å². The fourth-order valence-corrected chi connectivity index (χ4v) is 1.32. The molecule has 0 fully saturated rings. The van der Waals surface area contributed by atoms with E-state index in [0.717, 1.165) is 0 Å². The lowest BCUT2D eigenvalue weighted by Gasteiger charge is -2.07. The van der Waals surface area contributed by atoms with Gasteiger partial charge in [-0.15, -0.1) is 0 Å². The lowest BCUT2D eigenvalue weighted by molar-refractivity contribution is 0.102. The molecule has 0 saturated heterocycles. The van der Waals surface area contributed by atoms with Crippen LogP contribution in [0.2, 0.25) is 0 Å². The number of hydrogen-bond acceptors (Lipinski definition) is 5. The van der Waals surface area contributed by atoms with Crippen molar-refractivity contribution in [3.05, 3.63) is 30.1 Å². The summed E-state index contributed by atoms with van der Waals surface area (Å²) in [6.07, 6.45) is 1.34. The van der Waals surface area contributed by atoms with Crippen LogP contribution < -0.4 is 15.8 Å². The lowest BCUT2D eigenvalue weighted by Crippen LogP contribution is -2.12. The molecule has 0 radical (unpaired) electrons. The Labute approximate surface area is 97.0 Å². The summed E-state index contributed by atoms with van der Waals surface area (Å²) in [7, 11) is 1.53. The summed E-state index contributed by atoms with van der Waals surface area (Å²) in [5.74, 6) is 0.202. The summed E-state index contributed by atoms with van der Waals surface area (Å²) in [5.41, 5.74) is 6.94. The molecule has 0 unspecified atom stereocenters. The Kier molecular flexibility index (Phi) is 2.91. The first-order chi connectivity index (χ1) is 8.20. The second-order valence-electron chi connectivity index (χ2n) is 3.27. The molecular weight excluding hydrogens is 222 g/mol. The van der Waals surface area contributed by atoms with E-state index >= 15 is 0 Å². The van der Waals surface area contributed by atoms with Gasteiger partial charge in [0.2, 0.25) is 0 Å². The van der Waals surface area contributed by atoms with Crippen molar-refractivity contribution in [2.75, 3.05) is 18.2 Å². The van der Waals surface area contributed by atoms with Gasteiger partial charge in [-0.2, -0.15) is 15.4 Å².